The molecule has 0 saturated carbocycles. The van der Waals surface area contributed by atoms with E-state index in [9.17, 15) is 13.2 Å². The van der Waals surface area contributed by atoms with Gasteiger partial charge in [0.25, 0.3) is 0 Å². The number of aliphatic carboxylic acids is 1. The van der Waals surface area contributed by atoms with Gasteiger partial charge in [0, 0.05) is 29.6 Å². The van der Waals surface area contributed by atoms with Gasteiger partial charge in [-0.1, -0.05) is 44.9 Å². The maximum atomic E-state index is 13.6. The molecule has 0 aliphatic carbocycles. The Labute approximate surface area is 194 Å². The molecule has 174 valence electrons. The number of unbranched alkanes of at least 4 members (excludes halogenated alkanes) is 1. The van der Waals surface area contributed by atoms with Crippen LogP contribution in [-0.4, -0.2) is 44.7 Å². The van der Waals surface area contributed by atoms with Gasteiger partial charge < -0.3 is 14.7 Å². The van der Waals surface area contributed by atoms with Crippen molar-refractivity contribution in [3.05, 3.63) is 48.0 Å². The van der Waals surface area contributed by atoms with Crippen molar-refractivity contribution in [1.82, 2.24) is 0 Å². The van der Waals surface area contributed by atoms with Gasteiger partial charge in [0.05, 0.1) is 29.2 Å². The maximum absolute atomic E-state index is 13.6. The van der Waals surface area contributed by atoms with Gasteiger partial charge in [0.2, 0.25) is 0 Å². The van der Waals surface area contributed by atoms with Gasteiger partial charge in [-0.3, -0.25) is 4.79 Å². The summed E-state index contributed by atoms with van der Waals surface area (Å²) in [6.45, 7) is 4.76. The molecule has 32 heavy (non-hydrogen) atoms. The fourth-order valence-corrected chi connectivity index (χ4v) is 7.08. The molecule has 0 saturated heterocycles. The molecule has 1 unspecified atom stereocenters. The molecule has 8 heteroatoms. The number of sulfone groups is 1. The van der Waals surface area contributed by atoms with Gasteiger partial charge in [-0.05, 0) is 30.0 Å². The number of hydrogen-bond acceptors (Lipinski definition) is 6. The average Bonchev–Trinajstić information content (AvgIpc) is 2.84. The van der Waals surface area contributed by atoms with Crippen LogP contribution in [0.4, 0.5) is 11.4 Å². The zero-order valence-electron chi connectivity index (χ0n) is 18.8. The summed E-state index contributed by atoms with van der Waals surface area (Å²) in [6, 6.07) is 13.3. The molecule has 1 aliphatic heterocycles. The van der Waals surface area contributed by atoms with Crippen molar-refractivity contribution >= 4 is 38.9 Å². The number of hydrogen-bond donors (Lipinski definition) is 1. The lowest BCUT2D eigenvalue weighted by Crippen LogP contribution is -2.35. The van der Waals surface area contributed by atoms with Gasteiger partial charge in [-0.25, -0.2) is 8.42 Å². The van der Waals surface area contributed by atoms with Crippen LogP contribution in [0.1, 0.15) is 38.7 Å². The summed E-state index contributed by atoms with van der Waals surface area (Å²) in [4.78, 5) is 13.3. The summed E-state index contributed by atoms with van der Waals surface area (Å²) in [5, 5.41) is 8.96. The zero-order chi connectivity index (χ0) is 23.4. The standard InChI is InChI=1S/C24H31NO5S2/c1-4-5-11-24(2)16-25(19-9-7-6-8-10-19)20-13-21(30-3)18(14-31-15-23(26)27)12-22(20)32(28,29)17-24/h6-10,12-13H,4-5,11,14-17H2,1-3H3,(H,26,27). The number of rotatable bonds is 9. The molecule has 0 bridgehead atoms. The Bertz CT molecular complexity index is 1060. The number of benzene rings is 2. The van der Waals surface area contributed by atoms with Crippen molar-refractivity contribution in [3.8, 4) is 5.75 Å². The summed E-state index contributed by atoms with van der Waals surface area (Å²) in [6.07, 6.45) is 2.79. The first-order chi connectivity index (χ1) is 15.2. The molecule has 1 N–H and O–H groups in total. The number of carboxylic acids is 1. The zero-order valence-corrected chi connectivity index (χ0v) is 20.5. The molecule has 0 fully saturated rings. The van der Waals surface area contributed by atoms with Gasteiger partial charge in [0.15, 0.2) is 9.84 Å². The van der Waals surface area contributed by atoms with E-state index >= 15 is 0 Å². The molecule has 2 aromatic carbocycles. The number of ether oxygens (including phenoxy) is 1. The highest BCUT2D eigenvalue weighted by Crippen LogP contribution is 2.45. The van der Waals surface area contributed by atoms with E-state index in [1.54, 1.807) is 19.2 Å². The number of fused-ring (bicyclic) bond motifs is 1. The molecular formula is C24H31NO5S2. The van der Waals surface area contributed by atoms with Crippen molar-refractivity contribution in [2.24, 2.45) is 5.41 Å². The smallest absolute Gasteiger partial charge is 0.313 e. The Morgan fingerprint density at radius 1 is 1.25 bits per heavy atom. The Morgan fingerprint density at radius 3 is 2.59 bits per heavy atom. The van der Waals surface area contributed by atoms with E-state index in [-0.39, 0.29) is 16.4 Å². The fourth-order valence-electron chi connectivity index (χ4n) is 4.24. The van der Waals surface area contributed by atoms with Crippen LogP contribution < -0.4 is 9.64 Å². The predicted octanol–water partition coefficient (Wildman–Crippen LogP) is 5.13. The van der Waals surface area contributed by atoms with Crippen molar-refractivity contribution in [3.63, 3.8) is 0 Å². The van der Waals surface area contributed by atoms with Crippen LogP contribution >= 0.6 is 11.8 Å². The number of para-hydroxylation sites is 1. The van der Waals surface area contributed by atoms with E-state index in [2.05, 4.69) is 18.7 Å². The molecule has 6 nitrogen and oxygen atoms in total. The van der Waals surface area contributed by atoms with Crippen molar-refractivity contribution in [2.45, 2.75) is 43.8 Å². The fraction of sp³-hybridized carbons (Fsp3) is 0.458. The molecule has 0 spiro atoms. The van der Waals surface area contributed by atoms with Crippen LogP contribution in [0.5, 0.6) is 5.75 Å². The highest BCUT2D eigenvalue weighted by atomic mass is 32.2. The van der Waals surface area contributed by atoms with Crippen molar-refractivity contribution < 1.29 is 23.1 Å². The molecule has 0 aromatic heterocycles. The first-order valence-corrected chi connectivity index (χ1v) is 13.6. The summed E-state index contributed by atoms with van der Waals surface area (Å²) in [7, 11) is -2.02. The minimum absolute atomic E-state index is 0.0573. The van der Waals surface area contributed by atoms with E-state index in [1.165, 1.54) is 11.8 Å². The maximum Gasteiger partial charge on any atom is 0.313 e. The normalized spacial score (nSPS) is 19.8. The molecule has 0 amide bonds. The third kappa shape index (κ3) is 5.59. The van der Waals surface area contributed by atoms with Gasteiger partial charge >= 0.3 is 5.97 Å². The number of methoxy groups -OCH3 is 1. The number of carbonyl (C=O) groups is 1. The SMILES string of the molecule is CCCCC1(C)CN(c2ccccc2)c2cc(OC)c(CSCC(=O)O)cc2S(=O)(=O)C1. The monoisotopic (exact) mass is 477 g/mol. The van der Waals surface area contributed by atoms with E-state index in [0.717, 1.165) is 24.9 Å². The van der Waals surface area contributed by atoms with E-state index in [4.69, 9.17) is 9.84 Å². The largest absolute Gasteiger partial charge is 0.496 e. The predicted molar refractivity (Wildman–Crippen MR) is 130 cm³/mol. The number of carboxylic acid groups (broad SMARTS) is 1. The lowest BCUT2D eigenvalue weighted by molar-refractivity contribution is -0.133. The summed E-state index contributed by atoms with van der Waals surface area (Å²) >= 11 is 1.22. The minimum atomic E-state index is -3.57. The quantitative estimate of drug-likeness (QED) is 0.536. The second-order valence-corrected chi connectivity index (χ2v) is 11.6. The Balaban J connectivity index is 2.15. The van der Waals surface area contributed by atoms with E-state index in [0.29, 0.717) is 29.3 Å². The highest BCUT2D eigenvalue weighted by Gasteiger charge is 2.40. The van der Waals surface area contributed by atoms with Crippen LogP contribution in [0.3, 0.4) is 0 Å². The summed E-state index contributed by atoms with van der Waals surface area (Å²) < 4.78 is 32.8. The Hall–Kier alpha value is -2.19. The molecule has 2 aromatic rings. The first kappa shape index (κ1) is 24.5. The second-order valence-electron chi connectivity index (χ2n) is 8.61. The number of anilines is 2. The molecule has 1 heterocycles. The third-order valence-electron chi connectivity index (χ3n) is 5.75. The van der Waals surface area contributed by atoms with Crippen LogP contribution in [-0.2, 0) is 20.4 Å². The van der Waals surface area contributed by atoms with Crippen LogP contribution in [0.2, 0.25) is 0 Å². The molecule has 1 atom stereocenters. The van der Waals surface area contributed by atoms with E-state index in [1.807, 2.05) is 30.3 Å². The molecule has 1 aliphatic rings. The first-order valence-electron chi connectivity index (χ1n) is 10.7. The van der Waals surface area contributed by atoms with E-state index < -0.39 is 21.2 Å². The van der Waals surface area contributed by atoms with Crippen LogP contribution in [0.25, 0.3) is 0 Å². The van der Waals surface area contributed by atoms with Gasteiger partial charge in [-0.2, -0.15) is 0 Å². The lowest BCUT2D eigenvalue weighted by atomic mass is 9.86. The van der Waals surface area contributed by atoms with Gasteiger partial charge in [0.1, 0.15) is 5.75 Å². The third-order valence-corrected chi connectivity index (χ3v) is 8.79. The Kier molecular flexibility index (Phi) is 7.77. The van der Waals surface area contributed by atoms with Crippen molar-refractivity contribution in [1.29, 1.82) is 0 Å². The minimum Gasteiger partial charge on any atom is -0.496 e. The van der Waals surface area contributed by atoms with Gasteiger partial charge in [-0.15, -0.1) is 11.8 Å². The molecule has 0 radical (unpaired) electrons. The van der Waals surface area contributed by atoms with Crippen LogP contribution in [0.15, 0.2) is 47.4 Å². The summed E-state index contributed by atoms with van der Waals surface area (Å²) in [5.74, 6) is 0.0347. The number of thioether (sulfide) groups is 1. The van der Waals surface area contributed by atoms with Crippen molar-refractivity contribution in [2.75, 3.05) is 30.1 Å². The molecule has 3 rings (SSSR count). The number of nitrogens with zero attached hydrogens (tertiary/aromatic N) is 1. The topological polar surface area (TPSA) is 83.9 Å². The molecular weight excluding hydrogens is 446 g/mol. The van der Waals surface area contributed by atoms with Crippen LogP contribution in [0, 0.1) is 5.41 Å². The summed E-state index contributed by atoms with van der Waals surface area (Å²) in [5.41, 5.74) is 1.82. The average molecular weight is 478 g/mol. The lowest BCUT2D eigenvalue weighted by Gasteiger charge is -2.34. The second kappa shape index (κ2) is 10.2. The Morgan fingerprint density at radius 2 is 1.97 bits per heavy atom. The highest BCUT2D eigenvalue weighted by molar-refractivity contribution is 7.99.